The number of carbonyl (C=O) groups is 1. The fourth-order valence-electron chi connectivity index (χ4n) is 1.39. The topological polar surface area (TPSA) is 49.3 Å². The number of ketones is 1. The molecule has 1 rings (SSSR count). The number of halogens is 1. The van der Waals surface area contributed by atoms with Crippen molar-refractivity contribution >= 4 is 23.1 Å². The maximum Gasteiger partial charge on any atom is 0.161 e. The van der Waals surface area contributed by atoms with Gasteiger partial charge in [-0.1, -0.05) is 6.07 Å². The Morgan fingerprint density at radius 2 is 2.25 bits per heavy atom. The average Bonchev–Trinajstić information content (AvgIpc) is 2.25. The van der Waals surface area contributed by atoms with E-state index < -0.39 is 6.10 Å². The lowest BCUT2D eigenvalue weighted by atomic mass is 10.1. The van der Waals surface area contributed by atoms with Crippen LogP contribution in [0.5, 0.6) is 0 Å². The fraction of sp³-hybridized carbons (Fsp3) is 0.417. The zero-order valence-corrected chi connectivity index (χ0v) is 10.2. The van der Waals surface area contributed by atoms with Crippen LogP contribution in [0.4, 0.5) is 5.69 Å². The number of aliphatic hydroxyl groups is 1. The number of hydrogen-bond acceptors (Lipinski definition) is 3. The molecule has 1 aromatic rings. The standard InChI is InChI=1S/C12H16ClNO2/c1-8-3-4-11(9(2)15)12(5-8)14-7-10(16)6-13/h3-5,10,14,16H,6-7H2,1-2H3. The molecule has 4 heteroatoms. The van der Waals surface area contributed by atoms with Crippen LogP contribution in [0.15, 0.2) is 18.2 Å². The summed E-state index contributed by atoms with van der Waals surface area (Å²) in [5.74, 6) is 0.177. The van der Waals surface area contributed by atoms with Gasteiger partial charge in [0.2, 0.25) is 0 Å². The highest BCUT2D eigenvalue weighted by atomic mass is 35.5. The molecule has 1 atom stereocenters. The second kappa shape index (κ2) is 5.87. The predicted octanol–water partition coefficient (Wildman–Crippen LogP) is 2.21. The molecule has 0 amide bonds. The van der Waals surface area contributed by atoms with E-state index in [0.29, 0.717) is 12.1 Å². The summed E-state index contributed by atoms with van der Waals surface area (Å²) in [6, 6.07) is 5.56. The molecule has 16 heavy (non-hydrogen) atoms. The quantitative estimate of drug-likeness (QED) is 0.614. The minimum absolute atomic E-state index is 0.00265. The number of aliphatic hydroxyl groups excluding tert-OH is 1. The molecule has 0 aliphatic rings. The van der Waals surface area contributed by atoms with Gasteiger partial charge in [0, 0.05) is 17.8 Å². The number of aryl methyl sites for hydroxylation is 1. The highest BCUT2D eigenvalue weighted by molar-refractivity contribution is 6.18. The summed E-state index contributed by atoms with van der Waals surface area (Å²) >= 11 is 5.49. The molecule has 0 bridgehead atoms. The Morgan fingerprint density at radius 3 is 2.81 bits per heavy atom. The summed E-state index contributed by atoms with van der Waals surface area (Å²) < 4.78 is 0. The molecule has 0 aliphatic heterocycles. The highest BCUT2D eigenvalue weighted by Gasteiger charge is 2.08. The minimum atomic E-state index is -0.609. The lowest BCUT2D eigenvalue weighted by Gasteiger charge is -2.13. The average molecular weight is 242 g/mol. The summed E-state index contributed by atoms with van der Waals surface area (Å²) in [6.07, 6.45) is -0.609. The van der Waals surface area contributed by atoms with Gasteiger partial charge in [0.15, 0.2) is 5.78 Å². The molecule has 1 aromatic carbocycles. The van der Waals surface area contributed by atoms with Crippen LogP contribution in [0.3, 0.4) is 0 Å². The second-order valence-corrected chi connectivity index (χ2v) is 4.10. The Hall–Kier alpha value is -1.06. The van der Waals surface area contributed by atoms with E-state index in [4.69, 9.17) is 11.6 Å². The third-order valence-corrected chi connectivity index (χ3v) is 2.62. The number of hydrogen-bond donors (Lipinski definition) is 2. The van der Waals surface area contributed by atoms with Crippen molar-refractivity contribution < 1.29 is 9.90 Å². The normalized spacial score (nSPS) is 12.2. The monoisotopic (exact) mass is 241 g/mol. The van der Waals surface area contributed by atoms with Crippen LogP contribution in [-0.2, 0) is 0 Å². The molecule has 0 saturated heterocycles. The number of alkyl halides is 1. The van der Waals surface area contributed by atoms with Crippen molar-refractivity contribution in [3.8, 4) is 0 Å². The second-order valence-electron chi connectivity index (χ2n) is 3.79. The van der Waals surface area contributed by atoms with Crippen LogP contribution in [0.2, 0.25) is 0 Å². The molecular weight excluding hydrogens is 226 g/mol. The lowest BCUT2D eigenvalue weighted by Crippen LogP contribution is -2.21. The smallest absolute Gasteiger partial charge is 0.161 e. The van der Waals surface area contributed by atoms with Crippen LogP contribution in [0.1, 0.15) is 22.8 Å². The molecule has 1 unspecified atom stereocenters. The Kier molecular flexibility index (Phi) is 4.77. The number of benzene rings is 1. The van der Waals surface area contributed by atoms with Gasteiger partial charge in [-0.25, -0.2) is 0 Å². The number of anilines is 1. The van der Waals surface area contributed by atoms with Gasteiger partial charge < -0.3 is 10.4 Å². The van der Waals surface area contributed by atoms with Gasteiger partial charge in [-0.05, 0) is 31.5 Å². The molecule has 88 valence electrons. The first-order valence-corrected chi connectivity index (χ1v) is 5.67. The molecule has 0 aliphatic carbocycles. The predicted molar refractivity (Wildman–Crippen MR) is 66.4 cm³/mol. The van der Waals surface area contributed by atoms with Crippen molar-refractivity contribution in [2.24, 2.45) is 0 Å². The number of rotatable bonds is 5. The van der Waals surface area contributed by atoms with E-state index in [9.17, 15) is 9.90 Å². The zero-order chi connectivity index (χ0) is 12.1. The van der Waals surface area contributed by atoms with Gasteiger partial charge in [0.1, 0.15) is 0 Å². The van der Waals surface area contributed by atoms with Crippen LogP contribution in [0.25, 0.3) is 0 Å². The first kappa shape index (κ1) is 13.0. The number of nitrogens with one attached hydrogen (secondary N) is 1. The number of carbonyl (C=O) groups excluding carboxylic acids is 1. The van der Waals surface area contributed by atoms with Crippen molar-refractivity contribution in [1.29, 1.82) is 0 Å². The molecular formula is C12H16ClNO2. The van der Waals surface area contributed by atoms with E-state index in [1.807, 2.05) is 19.1 Å². The van der Waals surface area contributed by atoms with Crippen molar-refractivity contribution in [2.75, 3.05) is 17.7 Å². The molecule has 0 aromatic heterocycles. The first-order valence-electron chi connectivity index (χ1n) is 5.14. The van der Waals surface area contributed by atoms with E-state index in [-0.39, 0.29) is 11.7 Å². The van der Waals surface area contributed by atoms with Crippen LogP contribution in [0, 0.1) is 6.92 Å². The van der Waals surface area contributed by atoms with Gasteiger partial charge in [-0.2, -0.15) is 0 Å². The summed E-state index contributed by atoms with van der Waals surface area (Å²) in [5.41, 5.74) is 2.44. The van der Waals surface area contributed by atoms with Crippen molar-refractivity contribution in [2.45, 2.75) is 20.0 Å². The zero-order valence-electron chi connectivity index (χ0n) is 9.46. The fourth-order valence-corrected chi connectivity index (χ4v) is 1.50. The Morgan fingerprint density at radius 1 is 1.56 bits per heavy atom. The summed E-state index contributed by atoms with van der Waals surface area (Å²) in [5, 5.41) is 12.4. The van der Waals surface area contributed by atoms with Gasteiger partial charge in [0.05, 0.1) is 12.0 Å². The van der Waals surface area contributed by atoms with Gasteiger partial charge in [0.25, 0.3) is 0 Å². The van der Waals surface area contributed by atoms with Crippen LogP contribution in [-0.4, -0.2) is 29.4 Å². The van der Waals surface area contributed by atoms with E-state index in [0.717, 1.165) is 11.3 Å². The molecule has 0 spiro atoms. The number of Topliss-reactive ketones (excluding diaryl/α,β-unsaturated/α-hetero) is 1. The summed E-state index contributed by atoms with van der Waals surface area (Å²) in [4.78, 5) is 11.4. The molecule has 0 radical (unpaired) electrons. The maximum absolute atomic E-state index is 11.4. The molecule has 0 heterocycles. The van der Waals surface area contributed by atoms with Gasteiger partial charge in [-0.15, -0.1) is 11.6 Å². The molecule has 0 saturated carbocycles. The SMILES string of the molecule is CC(=O)c1ccc(C)cc1NCC(O)CCl. The van der Waals surface area contributed by atoms with Gasteiger partial charge >= 0.3 is 0 Å². The summed E-state index contributed by atoms with van der Waals surface area (Å²) in [6.45, 7) is 3.81. The molecule has 2 N–H and O–H groups in total. The molecule has 0 fully saturated rings. The Balaban J connectivity index is 2.84. The minimum Gasteiger partial charge on any atom is -0.390 e. The van der Waals surface area contributed by atoms with E-state index in [1.165, 1.54) is 6.92 Å². The first-order chi connectivity index (χ1) is 7.54. The lowest BCUT2D eigenvalue weighted by molar-refractivity contribution is 0.101. The van der Waals surface area contributed by atoms with Gasteiger partial charge in [-0.3, -0.25) is 4.79 Å². The van der Waals surface area contributed by atoms with Crippen molar-refractivity contribution in [3.63, 3.8) is 0 Å². The summed E-state index contributed by atoms with van der Waals surface area (Å²) in [7, 11) is 0. The van der Waals surface area contributed by atoms with E-state index in [2.05, 4.69) is 5.32 Å². The highest BCUT2D eigenvalue weighted by Crippen LogP contribution is 2.18. The third-order valence-electron chi connectivity index (χ3n) is 2.26. The van der Waals surface area contributed by atoms with Crippen molar-refractivity contribution in [3.05, 3.63) is 29.3 Å². The Labute approximate surface area is 100 Å². The van der Waals surface area contributed by atoms with E-state index in [1.54, 1.807) is 6.07 Å². The molecule has 3 nitrogen and oxygen atoms in total. The maximum atomic E-state index is 11.4. The van der Waals surface area contributed by atoms with E-state index >= 15 is 0 Å². The van der Waals surface area contributed by atoms with Crippen LogP contribution >= 0.6 is 11.6 Å². The largest absolute Gasteiger partial charge is 0.390 e. The Bertz CT molecular complexity index is 379. The van der Waals surface area contributed by atoms with Crippen molar-refractivity contribution in [1.82, 2.24) is 0 Å². The van der Waals surface area contributed by atoms with Crippen LogP contribution < -0.4 is 5.32 Å². The third kappa shape index (κ3) is 3.51.